The Labute approximate surface area is 169 Å². The molecule has 0 spiro atoms. The molecule has 0 unspecified atom stereocenters. The monoisotopic (exact) mass is 395 g/mol. The molecule has 1 aromatic heterocycles. The third kappa shape index (κ3) is 4.44. The van der Waals surface area contributed by atoms with Crippen LogP contribution in [0, 0.1) is 0 Å². The van der Waals surface area contributed by atoms with Gasteiger partial charge >= 0.3 is 0 Å². The van der Waals surface area contributed by atoms with Crippen molar-refractivity contribution >= 4 is 29.8 Å². The first-order valence-corrected chi connectivity index (χ1v) is 10.00. The number of amides is 2. The van der Waals surface area contributed by atoms with Gasteiger partial charge < -0.3 is 21.3 Å². The minimum Gasteiger partial charge on any atom is -0.365 e. The molecule has 1 aliphatic heterocycles. The highest BCUT2D eigenvalue weighted by Gasteiger charge is 2.22. The highest BCUT2D eigenvalue weighted by molar-refractivity contribution is 5.95. The summed E-state index contributed by atoms with van der Waals surface area (Å²) >= 11 is 0. The zero-order chi connectivity index (χ0) is 20.2. The molecule has 0 radical (unpaired) electrons. The van der Waals surface area contributed by atoms with Crippen LogP contribution in [0.3, 0.4) is 0 Å². The van der Waals surface area contributed by atoms with E-state index in [4.69, 9.17) is 5.73 Å². The minimum absolute atomic E-state index is 0.0551. The number of nitrogens with two attached hydrogens (primary N) is 1. The van der Waals surface area contributed by atoms with Gasteiger partial charge in [-0.05, 0) is 55.7 Å². The molecule has 2 aromatic rings. The standard InChI is InChI=1S/C20H25N7O2/c21-18(29)17-19(22-15-2-1-3-15)24-20(26-25-17)23-16-6-4-13(5-7-16)14-8-10-27(12-28)11-9-14/h4-7,12,14-15H,1-3,8-11H2,(H2,21,29)(H2,22,23,24,26). The van der Waals surface area contributed by atoms with Gasteiger partial charge in [-0.3, -0.25) is 9.59 Å². The second-order valence-electron chi connectivity index (χ2n) is 7.63. The van der Waals surface area contributed by atoms with E-state index in [0.717, 1.165) is 57.3 Å². The number of carbonyl (C=O) groups excluding carboxylic acids is 2. The summed E-state index contributed by atoms with van der Waals surface area (Å²) in [7, 11) is 0. The van der Waals surface area contributed by atoms with Crippen molar-refractivity contribution in [2.75, 3.05) is 23.7 Å². The molecule has 2 heterocycles. The van der Waals surface area contributed by atoms with Gasteiger partial charge in [0.25, 0.3) is 5.91 Å². The van der Waals surface area contributed by atoms with E-state index in [0.29, 0.717) is 23.7 Å². The van der Waals surface area contributed by atoms with E-state index in [1.54, 1.807) is 0 Å². The third-order valence-electron chi connectivity index (χ3n) is 5.68. The summed E-state index contributed by atoms with van der Waals surface area (Å²) < 4.78 is 0. The summed E-state index contributed by atoms with van der Waals surface area (Å²) in [6.45, 7) is 1.60. The Morgan fingerprint density at radius 3 is 2.41 bits per heavy atom. The van der Waals surface area contributed by atoms with Gasteiger partial charge in [-0.2, -0.15) is 4.98 Å². The van der Waals surface area contributed by atoms with Gasteiger partial charge in [-0.15, -0.1) is 10.2 Å². The van der Waals surface area contributed by atoms with E-state index in [2.05, 4.69) is 37.9 Å². The normalized spacial score (nSPS) is 17.4. The predicted octanol–water partition coefficient (Wildman–Crippen LogP) is 2.01. The molecular formula is C20H25N7O2. The van der Waals surface area contributed by atoms with Gasteiger partial charge in [0.05, 0.1) is 0 Å². The molecule has 4 N–H and O–H groups in total. The van der Waals surface area contributed by atoms with Crippen molar-refractivity contribution in [3.05, 3.63) is 35.5 Å². The summed E-state index contributed by atoms with van der Waals surface area (Å²) in [6.07, 6.45) is 6.12. The number of benzene rings is 1. The number of piperidine rings is 1. The zero-order valence-electron chi connectivity index (χ0n) is 16.2. The molecule has 1 saturated carbocycles. The Morgan fingerprint density at radius 1 is 1.10 bits per heavy atom. The van der Waals surface area contributed by atoms with E-state index in [1.165, 1.54) is 5.56 Å². The van der Waals surface area contributed by atoms with Gasteiger partial charge in [0.1, 0.15) is 0 Å². The molecule has 1 saturated heterocycles. The van der Waals surface area contributed by atoms with Crippen LogP contribution in [0.4, 0.5) is 17.5 Å². The first-order valence-electron chi connectivity index (χ1n) is 10.00. The summed E-state index contributed by atoms with van der Waals surface area (Å²) in [5.41, 5.74) is 7.54. The van der Waals surface area contributed by atoms with Crippen LogP contribution in [0.5, 0.6) is 0 Å². The number of nitrogens with zero attached hydrogens (tertiary/aromatic N) is 4. The molecule has 0 atom stereocenters. The molecule has 2 fully saturated rings. The number of aromatic nitrogens is 3. The van der Waals surface area contributed by atoms with Crippen molar-refractivity contribution in [3.8, 4) is 0 Å². The van der Waals surface area contributed by atoms with Crippen LogP contribution in [0.1, 0.15) is 54.1 Å². The topological polar surface area (TPSA) is 126 Å². The van der Waals surface area contributed by atoms with E-state index >= 15 is 0 Å². The number of primary amides is 1. The van der Waals surface area contributed by atoms with E-state index in [-0.39, 0.29) is 5.69 Å². The number of nitrogens with one attached hydrogen (secondary N) is 2. The Balaban J connectivity index is 1.44. The van der Waals surface area contributed by atoms with Crippen molar-refractivity contribution in [3.63, 3.8) is 0 Å². The lowest BCUT2D eigenvalue weighted by Crippen LogP contribution is -2.31. The van der Waals surface area contributed by atoms with Crippen molar-refractivity contribution in [1.82, 2.24) is 20.1 Å². The number of likely N-dealkylation sites (tertiary alicyclic amines) is 1. The lowest BCUT2D eigenvalue weighted by Gasteiger charge is -2.29. The fraction of sp³-hybridized carbons (Fsp3) is 0.450. The molecule has 152 valence electrons. The first kappa shape index (κ1) is 19.1. The number of anilines is 3. The Bertz CT molecular complexity index is 875. The van der Waals surface area contributed by atoms with Crippen LogP contribution in [0.2, 0.25) is 0 Å². The summed E-state index contributed by atoms with van der Waals surface area (Å²) in [5, 5.41) is 14.3. The van der Waals surface area contributed by atoms with E-state index < -0.39 is 5.91 Å². The first-order chi connectivity index (χ1) is 14.1. The molecule has 1 aliphatic carbocycles. The van der Waals surface area contributed by atoms with Gasteiger partial charge in [-0.25, -0.2) is 0 Å². The van der Waals surface area contributed by atoms with E-state index in [9.17, 15) is 9.59 Å². The largest absolute Gasteiger partial charge is 0.365 e. The highest BCUT2D eigenvalue weighted by Crippen LogP contribution is 2.29. The maximum absolute atomic E-state index is 11.6. The van der Waals surface area contributed by atoms with Crippen LogP contribution >= 0.6 is 0 Å². The number of hydrogen-bond acceptors (Lipinski definition) is 7. The van der Waals surface area contributed by atoms with Crippen LogP contribution in [-0.2, 0) is 4.79 Å². The average Bonchev–Trinajstić information content (AvgIpc) is 2.71. The molecule has 2 amide bonds. The van der Waals surface area contributed by atoms with Gasteiger partial charge in [-0.1, -0.05) is 12.1 Å². The lowest BCUT2D eigenvalue weighted by molar-refractivity contribution is -0.119. The molecule has 9 heteroatoms. The molecule has 4 rings (SSSR count). The Hall–Kier alpha value is -3.23. The summed E-state index contributed by atoms with van der Waals surface area (Å²) in [5.74, 6) is 0.497. The van der Waals surface area contributed by atoms with Gasteiger partial charge in [0, 0.05) is 24.8 Å². The fourth-order valence-electron chi connectivity index (χ4n) is 3.70. The molecule has 0 bridgehead atoms. The number of rotatable bonds is 7. The summed E-state index contributed by atoms with van der Waals surface area (Å²) in [4.78, 5) is 28.7. The van der Waals surface area contributed by atoms with Crippen molar-refractivity contribution < 1.29 is 9.59 Å². The molecule has 1 aromatic carbocycles. The second-order valence-corrected chi connectivity index (χ2v) is 7.63. The summed E-state index contributed by atoms with van der Waals surface area (Å²) in [6, 6.07) is 8.42. The Kier molecular flexibility index (Phi) is 5.55. The SMILES string of the molecule is NC(=O)c1nnc(Nc2ccc(C3CCN(C=O)CC3)cc2)nc1NC1CCC1. The zero-order valence-corrected chi connectivity index (χ0v) is 16.2. The predicted molar refractivity (Wildman–Crippen MR) is 109 cm³/mol. The quantitative estimate of drug-likeness (QED) is 0.612. The third-order valence-corrected chi connectivity index (χ3v) is 5.68. The van der Waals surface area contributed by atoms with Crippen molar-refractivity contribution in [2.24, 2.45) is 5.73 Å². The smallest absolute Gasteiger partial charge is 0.273 e. The lowest BCUT2D eigenvalue weighted by atomic mass is 9.89. The number of hydrogen-bond donors (Lipinski definition) is 3. The van der Waals surface area contributed by atoms with E-state index in [1.807, 2.05) is 17.0 Å². The average molecular weight is 395 g/mol. The number of carbonyl (C=O) groups is 2. The fourth-order valence-corrected chi connectivity index (χ4v) is 3.70. The second kappa shape index (κ2) is 8.42. The van der Waals surface area contributed by atoms with Crippen LogP contribution in [0.25, 0.3) is 0 Å². The van der Waals surface area contributed by atoms with Crippen LogP contribution in [-0.4, -0.2) is 51.5 Å². The highest BCUT2D eigenvalue weighted by atomic mass is 16.1. The minimum atomic E-state index is -0.650. The van der Waals surface area contributed by atoms with Crippen molar-refractivity contribution in [2.45, 2.75) is 44.1 Å². The van der Waals surface area contributed by atoms with Crippen LogP contribution in [0.15, 0.2) is 24.3 Å². The molecule has 29 heavy (non-hydrogen) atoms. The van der Waals surface area contributed by atoms with Crippen LogP contribution < -0.4 is 16.4 Å². The van der Waals surface area contributed by atoms with Gasteiger partial charge in [0.2, 0.25) is 12.4 Å². The van der Waals surface area contributed by atoms with Crippen molar-refractivity contribution in [1.29, 1.82) is 0 Å². The van der Waals surface area contributed by atoms with Gasteiger partial charge in [0.15, 0.2) is 11.5 Å². The molecular weight excluding hydrogens is 370 g/mol. The molecule has 9 nitrogen and oxygen atoms in total. The Morgan fingerprint density at radius 2 is 1.83 bits per heavy atom. The maximum Gasteiger partial charge on any atom is 0.273 e. The molecule has 2 aliphatic rings. The maximum atomic E-state index is 11.6.